The molecule has 1 aromatic carbocycles. The maximum Gasteiger partial charge on any atom is 0.248 e. The van der Waals surface area contributed by atoms with Crippen LogP contribution in [-0.4, -0.2) is 50.3 Å². The molecule has 0 aliphatic heterocycles. The van der Waals surface area contributed by atoms with Gasteiger partial charge in [0, 0.05) is 13.6 Å². The minimum absolute atomic E-state index is 0.295. The minimum atomic E-state index is -0.467. The first-order chi connectivity index (χ1) is 8.62. The van der Waals surface area contributed by atoms with Crippen molar-refractivity contribution < 1.29 is 19.4 Å². The number of aliphatic hydroxyl groups is 1. The van der Waals surface area contributed by atoms with E-state index in [-0.39, 0.29) is 5.91 Å². The zero-order valence-corrected chi connectivity index (χ0v) is 11.0. The monoisotopic (exact) mass is 253 g/mol. The fraction of sp³-hybridized carbons (Fsp3) is 0.462. The Kier molecular flexibility index (Phi) is 5.45. The molecular formula is C13H19NO4. The largest absolute Gasteiger partial charge is 0.497 e. The highest BCUT2D eigenvalue weighted by atomic mass is 16.5. The Labute approximate surface area is 107 Å². The molecule has 0 saturated carbocycles. The molecule has 1 amide bonds. The molecule has 0 spiro atoms. The highest BCUT2D eigenvalue weighted by Gasteiger charge is 2.10. The number of rotatable bonds is 6. The number of nitrogens with zero attached hydrogens (tertiary/aromatic N) is 1. The van der Waals surface area contributed by atoms with E-state index >= 15 is 0 Å². The standard InChI is InChI=1S/C13H19NO4/c1-14(13(16)9-15)7-6-10-8-11(17-2)4-5-12(10)18-3/h4-5,8,15H,6-7,9H2,1-3H3. The second-order valence-electron chi connectivity index (χ2n) is 3.90. The Morgan fingerprint density at radius 3 is 2.61 bits per heavy atom. The number of ether oxygens (including phenoxy) is 2. The van der Waals surface area contributed by atoms with E-state index in [2.05, 4.69) is 0 Å². The summed E-state index contributed by atoms with van der Waals surface area (Å²) in [5.41, 5.74) is 0.967. The first-order valence-corrected chi connectivity index (χ1v) is 5.68. The van der Waals surface area contributed by atoms with Crippen LogP contribution in [0.3, 0.4) is 0 Å². The Morgan fingerprint density at radius 2 is 2.06 bits per heavy atom. The molecule has 0 aliphatic carbocycles. The summed E-state index contributed by atoms with van der Waals surface area (Å²) in [5.74, 6) is 1.22. The zero-order chi connectivity index (χ0) is 13.5. The van der Waals surface area contributed by atoms with Crippen LogP contribution >= 0.6 is 0 Å². The summed E-state index contributed by atoms with van der Waals surface area (Å²) in [5, 5.41) is 8.75. The Hall–Kier alpha value is -1.75. The number of aliphatic hydroxyl groups excluding tert-OH is 1. The van der Waals surface area contributed by atoms with E-state index in [1.165, 1.54) is 4.90 Å². The van der Waals surface area contributed by atoms with Crippen molar-refractivity contribution in [1.29, 1.82) is 0 Å². The predicted octanol–water partition coefficient (Wildman–Crippen LogP) is 0.697. The molecule has 0 heterocycles. The molecule has 0 unspecified atom stereocenters. The van der Waals surface area contributed by atoms with Gasteiger partial charge in [0.25, 0.3) is 0 Å². The minimum Gasteiger partial charge on any atom is -0.497 e. The van der Waals surface area contributed by atoms with E-state index in [1.54, 1.807) is 21.3 Å². The number of carbonyl (C=O) groups excluding carboxylic acids is 1. The number of likely N-dealkylation sites (N-methyl/N-ethyl adjacent to an activating group) is 1. The summed E-state index contributed by atoms with van der Waals surface area (Å²) in [7, 11) is 4.87. The third-order valence-corrected chi connectivity index (χ3v) is 2.77. The third-order valence-electron chi connectivity index (χ3n) is 2.77. The summed E-state index contributed by atoms with van der Waals surface area (Å²) in [6.07, 6.45) is 0.641. The van der Waals surface area contributed by atoms with Crippen LogP contribution in [0.2, 0.25) is 0 Å². The van der Waals surface area contributed by atoms with Crippen LogP contribution in [-0.2, 0) is 11.2 Å². The molecule has 0 radical (unpaired) electrons. The highest BCUT2D eigenvalue weighted by molar-refractivity contribution is 5.76. The Morgan fingerprint density at radius 1 is 1.33 bits per heavy atom. The van der Waals surface area contributed by atoms with Gasteiger partial charge in [0.2, 0.25) is 5.91 Å². The summed E-state index contributed by atoms with van der Waals surface area (Å²) in [6.45, 7) is 0.0503. The normalized spacial score (nSPS) is 10.0. The summed E-state index contributed by atoms with van der Waals surface area (Å²) in [6, 6.07) is 5.54. The molecule has 5 heteroatoms. The number of methoxy groups -OCH3 is 2. The molecule has 1 rings (SSSR count). The molecule has 0 aliphatic rings. The summed E-state index contributed by atoms with van der Waals surface area (Å²) < 4.78 is 10.4. The fourth-order valence-electron chi connectivity index (χ4n) is 1.61. The molecule has 0 atom stereocenters. The van der Waals surface area contributed by atoms with Gasteiger partial charge in [0.15, 0.2) is 0 Å². The molecule has 0 saturated heterocycles. The average molecular weight is 253 g/mol. The average Bonchev–Trinajstić information content (AvgIpc) is 2.43. The lowest BCUT2D eigenvalue weighted by Crippen LogP contribution is -2.31. The number of benzene rings is 1. The topological polar surface area (TPSA) is 59.0 Å². The van der Waals surface area contributed by atoms with Crippen molar-refractivity contribution in [2.24, 2.45) is 0 Å². The van der Waals surface area contributed by atoms with Gasteiger partial charge in [-0.3, -0.25) is 4.79 Å². The van der Waals surface area contributed by atoms with Gasteiger partial charge in [-0.25, -0.2) is 0 Å². The number of carbonyl (C=O) groups is 1. The SMILES string of the molecule is COc1ccc(OC)c(CCN(C)C(=O)CO)c1. The number of hydrogen-bond acceptors (Lipinski definition) is 4. The maximum absolute atomic E-state index is 11.2. The van der Waals surface area contributed by atoms with Crippen LogP contribution in [0.1, 0.15) is 5.56 Å². The van der Waals surface area contributed by atoms with E-state index in [4.69, 9.17) is 14.6 Å². The van der Waals surface area contributed by atoms with Gasteiger partial charge in [-0.2, -0.15) is 0 Å². The second-order valence-corrected chi connectivity index (χ2v) is 3.90. The first-order valence-electron chi connectivity index (χ1n) is 5.68. The van der Waals surface area contributed by atoms with E-state index < -0.39 is 6.61 Å². The number of hydrogen-bond donors (Lipinski definition) is 1. The van der Waals surface area contributed by atoms with Gasteiger partial charge in [0.1, 0.15) is 18.1 Å². The lowest BCUT2D eigenvalue weighted by Gasteiger charge is -2.17. The van der Waals surface area contributed by atoms with E-state index in [0.29, 0.717) is 13.0 Å². The molecule has 0 fully saturated rings. The van der Waals surface area contributed by atoms with Crippen molar-refractivity contribution in [3.05, 3.63) is 23.8 Å². The van der Waals surface area contributed by atoms with Crippen LogP contribution in [0.5, 0.6) is 11.5 Å². The molecular weight excluding hydrogens is 234 g/mol. The first kappa shape index (κ1) is 14.3. The van der Waals surface area contributed by atoms with E-state index in [1.807, 2.05) is 18.2 Å². The second kappa shape index (κ2) is 6.86. The quantitative estimate of drug-likeness (QED) is 0.810. The van der Waals surface area contributed by atoms with Crippen LogP contribution in [0.15, 0.2) is 18.2 Å². The smallest absolute Gasteiger partial charge is 0.248 e. The van der Waals surface area contributed by atoms with Gasteiger partial charge in [0.05, 0.1) is 14.2 Å². The van der Waals surface area contributed by atoms with E-state index in [0.717, 1.165) is 17.1 Å². The lowest BCUT2D eigenvalue weighted by atomic mass is 10.1. The van der Waals surface area contributed by atoms with Crippen molar-refractivity contribution in [3.8, 4) is 11.5 Å². The predicted molar refractivity (Wildman–Crippen MR) is 68.0 cm³/mol. The van der Waals surface area contributed by atoms with Gasteiger partial charge < -0.3 is 19.5 Å². The molecule has 1 aromatic rings. The Bertz CT molecular complexity index is 406. The van der Waals surface area contributed by atoms with Crippen molar-refractivity contribution >= 4 is 5.91 Å². The Balaban J connectivity index is 2.73. The van der Waals surface area contributed by atoms with E-state index in [9.17, 15) is 4.79 Å². The molecule has 0 bridgehead atoms. The van der Waals surface area contributed by atoms with Crippen LogP contribution in [0, 0.1) is 0 Å². The van der Waals surface area contributed by atoms with Gasteiger partial charge >= 0.3 is 0 Å². The van der Waals surface area contributed by atoms with Gasteiger partial charge in [-0.1, -0.05) is 0 Å². The van der Waals surface area contributed by atoms with Crippen LogP contribution in [0.4, 0.5) is 0 Å². The van der Waals surface area contributed by atoms with Gasteiger partial charge in [-0.15, -0.1) is 0 Å². The van der Waals surface area contributed by atoms with Crippen LogP contribution < -0.4 is 9.47 Å². The molecule has 0 aromatic heterocycles. The molecule has 18 heavy (non-hydrogen) atoms. The zero-order valence-electron chi connectivity index (χ0n) is 11.0. The van der Waals surface area contributed by atoms with Crippen molar-refractivity contribution in [2.75, 3.05) is 34.4 Å². The molecule has 1 N–H and O–H groups in total. The van der Waals surface area contributed by atoms with Crippen molar-refractivity contribution in [1.82, 2.24) is 4.90 Å². The highest BCUT2D eigenvalue weighted by Crippen LogP contribution is 2.24. The third kappa shape index (κ3) is 3.63. The summed E-state index contributed by atoms with van der Waals surface area (Å²) >= 11 is 0. The van der Waals surface area contributed by atoms with Crippen molar-refractivity contribution in [2.45, 2.75) is 6.42 Å². The fourth-order valence-corrected chi connectivity index (χ4v) is 1.61. The van der Waals surface area contributed by atoms with Gasteiger partial charge in [-0.05, 0) is 30.2 Å². The van der Waals surface area contributed by atoms with Crippen molar-refractivity contribution in [3.63, 3.8) is 0 Å². The maximum atomic E-state index is 11.2. The van der Waals surface area contributed by atoms with Crippen LogP contribution in [0.25, 0.3) is 0 Å². The number of amides is 1. The molecule has 100 valence electrons. The summed E-state index contributed by atoms with van der Waals surface area (Å²) in [4.78, 5) is 12.7. The molecule has 5 nitrogen and oxygen atoms in total. The lowest BCUT2D eigenvalue weighted by molar-refractivity contribution is -0.132.